The first-order valence-corrected chi connectivity index (χ1v) is 2.50. The molecule has 0 saturated heterocycles. The van der Waals surface area contributed by atoms with Crippen molar-refractivity contribution in [2.75, 3.05) is 0 Å². The number of aromatic hydroxyl groups is 1. The zero-order valence-corrected chi connectivity index (χ0v) is 11.8. The number of nitrogens with zero attached hydrogens (tertiary/aromatic N) is 1. The number of hydrogen-bond acceptors (Lipinski definition) is 4. The molecule has 5 nitrogen and oxygen atoms in total. The largest absolute Gasteiger partial charge is 0.508 e. The smallest absolute Gasteiger partial charge is 0.115 e. The molecule has 0 saturated carbocycles. The molecule has 0 aliphatic heterocycles. The first kappa shape index (κ1) is 17.4. The summed E-state index contributed by atoms with van der Waals surface area (Å²) < 4.78 is 0. The molecule has 0 aliphatic carbocycles. The molecular weight excluding hydrogens is 351 g/mol. The predicted molar refractivity (Wildman–Crippen MR) is 40.9 cm³/mol. The molecule has 1 aromatic rings. The first-order valence-electron chi connectivity index (χ1n) is 2.50. The van der Waals surface area contributed by atoms with Crippen LogP contribution in [0.25, 0.3) is 0 Å². The van der Waals surface area contributed by atoms with E-state index in [4.69, 9.17) is 15.2 Å². The molecule has 0 aromatic heterocycles. The maximum absolute atomic E-state index is 8.63. The molecule has 3 N–H and O–H groups in total. The topological polar surface area (TPSA) is 104 Å². The van der Waals surface area contributed by atoms with Gasteiger partial charge < -0.3 is 20.7 Å². The van der Waals surface area contributed by atoms with Crippen LogP contribution in [0.5, 0.6) is 5.75 Å². The summed E-state index contributed by atoms with van der Waals surface area (Å²) in [5.74, 6) is 0.322. The van der Waals surface area contributed by atoms with E-state index in [0.717, 1.165) is 5.34 Å². The molecule has 6 heteroatoms. The van der Waals surface area contributed by atoms with Crippen LogP contribution in [0.2, 0.25) is 0 Å². The summed E-state index contributed by atoms with van der Waals surface area (Å²) in [5, 5.41) is 17.6. The fourth-order valence-corrected chi connectivity index (χ4v) is 0.428. The molecule has 0 atom stereocenters. The molecule has 0 spiro atoms. The molecule has 0 aliphatic rings. The van der Waals surface area contributed by atoms with E-state index < -0.39 is 0 Å². The Labute approximate surface area is 89.8 Å². The molecular formula is C6H8HgNO4-. The summed E-state index contributed by atoms with van der Waals surface area (Å²) in [7, 11) is 0. The fourth-order valence-electron chi connectivity index (χ4n) is 0.428. The van der Waals surface area contributed by atoms with Crippen LogP contribution in [0.15, 0.2) is 35.7 Å². The van der Waals surface area contributed by atoms with Crippen LogP contribution in [0.1, 0.15) is 0 Å². The average molecular weight is 359 g/mol. The zero-order chi connectivity index (χ0) is 7.82. The molecule has 0 bridgehead atoms. The fraction of sp³-hybridized carbons (Fsp3) is 0. The van der Waals surface area contributed by atoms with Gasteiger partial charge in [-0.25, -0.2) is 0 Å². The summed E-state index contributed by atoms with van der Waals surface area (Å²) >= 11 is 0. The van der Waals surface area contributed by atoms with Gasteiger partial charge in [0.2, 0.25) is 0 Å². The van der Waals surface area contributed by atoms with Crippen molar-refractivity contribution in [1.82, 2.24) is 0 Å². The van der Waals surface area contributed by atoms with E-state index >= 15 is 0 Å². The standard InChI is InChI=1S/C6H6O.Hg.HNO2.H2O/c7-6-4-2-1-3-5-6;;2-1-3;/h1-5,7H;;(H,2,3);1H2/p-1. The number of phenolic OH excluding ortho intramolecular Hbond substituents is 1. The Morgan fingerprint density at radius 3 is 1.75 bits per heavy atom. The summed E-state index contributed by atoms with van der Waals surface area (Å²) in [4.78, 5) is 8.00. The Kier molecular flexibility index (Phi) is 18.8. The number of benzene rings is 1. The molecule has 0 fully saturated rings. The molecule has 0 unspecified atom stereocenters. The van der Waals surface area contributed by atoms with Gasteiger partial charge in [-0.05, 0) is 12.1 Å². The maximum Gasteiger partial charge on any atom is 0.115 e. The SMILES string of the molecule is O.O=N[O-].Oc1ccccc1.[Hg]. The third kappa shape index (κ3) is 12.0. The number of hydrogen-bond donors (Lipinski definition) is 1. The number of para-hydroxylation sites is 1. The van der Waals surface area contributed by atoms with E-state index in [-0.39, 0.29) is 33.1 Å². The Morgan fingerprint density at radius 1 is 1.25 bits per heavy atom. The van der Waals surface area contributed by atoms with Crippen molar-refractivity contribution < 1.29 is 38.3 Å². The minimum atomic E-state index is 0. The van der Waals surface area contributed by atoms with E-state index in [1.165, 1.54) is 0 Å². The normalized spacial score (nSPS) is 6.00. The Balaban J connectivity index is -0.000000146. The molecule has 64 valence electrons. The first-order chi connectivity index (χ1) is 4.81. The van der Waals surface area contributed by atoms with E-state index in [9.17, 15) is 0 Å². The second-order valence-electron chi connectivity index (χ2n) is 1.41. The minimum Gasteiger partial charge on any atom is -0.508 e. The summed E-state index contributed by atoms with van der Waals surface area (Å²) in [5.41, 5.74) is 0. The summed E-state index contributed by atoms with van der Waals surface area (Å²) in [6.07, 6.45) is 0. The average Bonchev–Trinajstić information content (AvgIpc) is 1.91. The third-order valence-corrected chi connectivity index (χ3v) is 0.756. The van der Waals surface area contributed by atoms with Gasteiger partial charge in [0.05, 0.1) is 0 Å². The van der Waals surface area contributed by atoms with Gasteiger partial charge in [0.15, 0.2) is 0 Å². The van der Waals surface area contributed by atoms with Gasteiger partial charge in [0.25, 0.3) is 0 Å². The van der Waals surface area contributed by atoms with Gasteiger partial charge in [-0.15, -0.1) is 5.34 Å². The van der Waals surface area contributed by atoms with Crippen LogP contribution >= 0.6 is 0 Å². The maximum atomic E-state index is 8.63. The van der Waals surface area contributed by atoms with E-state index in [2.05, 4.69) is 0 Å². The van der Waals surface area contributed by atoms with Gasteiger partial charge in [-0.1, -0.05) is 18.2 Å². The Hall–Kier alpha value is -0.685. The van der Waals surface area contributed by atoms with Gasteiger partial charge >= 0.3 is 0 Å². The molecule has 0 amide bonds. The minimum absolute atomic E-state index is 0. The van der Waals surface area contributed by atoms with E-state index in [1.54, 1.807) is 24.3 Å². The summed E-state index contributed by atoms with van der Waals surface area (Å²) in [6.45, 7) is 0. The Bertz CT molecular complexity index is 182. The van der Waals surface area contributed by atoms with Crippen molar-refractivity contribution in [2.24, 2.45) is 5.34 Å². The van der Waals surface area contributed by atoms with Crippen molar-refractivity contribution in [3.63, 3.8) is 0 Å². The zero-order valence-electron chi connectivity index (χ0n) is 6.30. The number of rotatable bonds is 0. The van der Waals surface area contributed by atoms with Gasteiger partial charge in [-0.2, -0.15) is 0 Å². The molecule has 0 radical (unpaired) electrons. The van der Waals surface area contributed by atoms with Gasteiger partial charge in [-0.3, -0.25) is 0 Å². The molecule has 1 aromatic carbocycles. The molecule has 12 heavy (non-hydrogen) atoms. The van der Waals surface area contributed by atoms with Gasteiger partial charge in [0.1, 0.15) is 5.75 Å². The Morgan fingerprint density at radius 2 is 1.58 bits per heavy atom. The monoisotopic (exact) mass is 360 g/mol. The van der Waals surface area contributed by atoms with Crippen molar-refractivity contribution in [2.45, 2.75) is 0 Å². The van der Waals surface area contributed by atoms with E-state index in [1.807, 2.05) is 6.07 Å². The second kappa shape index (κ2) is 12.9. The van der Waals surface area contributed by atoms with Gasteiger partial charge in [0, 0.05) is 27.7 Å². The van der Waals surface area contributed by atoms with Crippen molar-refractivity contribution in [3.05, 3.63) is 40.4 Å². The van der Waals surface area contributed by atoms with Crippen LogP contribution in [0.4, 0.5) is 0 Å². The van der Waals surface area contributed by atoms with Crippen molar-refractivity contribution >= 4 is 0 Å². The molecule has 0 heterocycles. The summed E-state index contributed by atoms with van der Waals surface area (Å²) in [6, 6.07) is 8.71. The quantitative estimate of drug-likeness (QED) is 0.421. The predicted octanol–water partition coefficient (Wildman–Crippen LogP) is 0.816. The van der Waals surface area contributed by atoms with Crippen LogP contribution in [-0.2, 0) is 27.7 Å². The van der Waals surface area contributed by atoms with Crippen molar-refractivity contribution in [1.29, 1.82) is 0 Å². The second-order valence-corrected chi connectivity index (χ2v) is 1.41. The third-order valence-electron chi connectivity index (χ3n) is 0.756. The van der Waals surface area contributed by atoms with Crippen LogP contribution in [0.3, 0.4) is 0 Å². The van der Waals surface area contributed by atoms with Crippen LogP contribution < -0.4 is 0 Å². The number of phenols is 1. The molecule has 1 rings (SSSR count). The van der Waals surface area contributed by atoms with E-state index in [0.29, 0.717) is 5.75 Å². The van der Waals surface area contributed by atoms with Crippen molar-refractivity contribution in [3.8, 4) is 5.75 Å². The van der Waals surface area contributed by atoms with Crippen LogP contribution in [0, 0.1) is 10.1 Å². The van der Waals surface area contributed by atoms with Crippen LogP contribution in [-0.4, -0.2) is 10.6 Å².